The lowest BCUT2D eigenvalue weighted by Gasteiger charge is -2.03. The maximum atomic E-state index is 10.9. The standard InChI is InChI=1S/C10H11NO3/c1-2-8-11-10(12)14-13-9-6-4-3-5-7-9/h2-7H,1,8H2,(H,11,12). The van der Waals surface area contributed by atoms with Crippen molar-refractivity contribution in [3.05, 3.63) is 43.0 Å². The van der Waals surface area contributed by atoms with Gasteiger partial charge in [0, 0.05) is 6.54 Å². The quantitative estimate of drug-likeness (QED) is 0.451. The van der Waals surface area contributed by atoms with Crippen LogP contribution in [-0.4, -0.2) is 12.6 Å². The topological polar surface area (TPSA) is 47.6 Å². The first-order valence-electron chi connectivity index (χ1n) is 4.11. The van der Waals surface area contributed by atoms with Gasteiger partial charge in [-0.25, -0.2) is 9.68 Å². The van der Waals surface area contributed by atoms with Crippen molar-refractivity contribution in [3.63, 3.8) is 0 Å². The van der Waals surface area contributed by atoms with Crippen molar-refractivity contribution in [2.75, 3.05) is 6.54 Å². The van der Waals surface area contributed by atoms with Gasteiger partial charge in [-0.3, -0.25) is 4.89 Å². The Bertz CT molecular complexity index is 297. The van der Waals surface area contributed by atoms with Crippen molar-refractivity contribution in [1.29, 1.82) is 0 Å². The minimum atomic E-state index is -0.645. The second kappa shape index (κ2) is 5.64. The molecular weight excluding hydrogens is 182 g/mol. The molecule has 4 nitrogen and oxygen atoms in total. The smallest absolute Gasteiger partial charge is 0.315 e. The first-order valence-corrected chi connectivity index (χ1v) is 4.11. The fourth-order valence-corrected chi connectivity index (χ4v) is 0.747. The van der Waals surface area contributed by atoms with Gasteiger partial charge in [-0.15, -0.1) is 6.58 Å². The van der Waals surface area contributed by atoms with E-state index in [-0.39, 0.29) is 0 Å². The highest BCUT2D eigenvalue weighted by molar-refractivity contribution is 5.66. The summed E-state index contributed by atoms with van der Waals surface area (Å²) in [5.74, 6) is 0.473. The minimum Gasteiger partial charge on any atom is -0.315 e. The zero-order valence-electron chi connectivity index (χ0n) is 7.60. The van der Waals surface area contributed by atoms with Gasteiger partial charge in [-0.05, 0) is 12.1 Å². The number of para-hydroxylation sites is 1. The molecule has 0 saturated carbocycles. The normalized spacial score (nSPS) is 8.86. The minimum absolute atomic E-state index is 0.344. The van der Waals surface area contributed by atoms with Crippen LogP contribution in [0.25, 0.3) is 0 Å². The molecule has 1 amide bonds. The van der Waals surface area contributed by atoms with E-state index in [1.807, 2.05) is 6.07 Å². The van der Waals surface area contributed by atoms with E-state index in [9.17, 15) is 4.79 Å². The van der Waals surface area contributed by atoms with Crippen LogP contribution in [-0.2, 0) is 4.89 Å². The molecule has 1 rings (SSSR count). The zero-order chi connectivity index (χ0) is 10.2. The molecule has 0 radical (unpaired) electrons. The zero-order valence-corrected chi connectivity index (χ0v) is 7.60. The molecule has 1 aromatic rings. The van der Waals surface area contributed by atoms with E-state index in [0.29, 0.717) is 12.3 Å². The summed E-state index contributed by atoms with van der Waals surface area (Å²) in [6.07, 6.45) is 0.901. The Morgan fingerprint density at radius 2 is 2.14 bits per heavy atom. The molecule has 1 aromatic carbocycles. The van der Waals surface area contributed by atoms with Gasteiger partial charge >= 0.3 is 6.09 Å². The number of hydrogen-bond acceptors (Lipinski definition) is 3. The van der Waals surface area contributed by atoms with Crippen molar-refractivity contribution < 1.29 is 14.6 Å². The fourth-order valence-electron chi connectivity index (χ4n) is 0.747. The van der Waals surface area contributed by atoms with Crippen molar-refractivity contribution in [2.24, 2.45) is 0 Å². The number of hydrogen-bond donors (Lipinski definition) is 1. The summed E-state index contributed by atoms with van der Waals surface area (Å²) >= 11 is 0. The molecule has 0 aliphatic rings. The first-order chi connectivity index (χ1) is 6.83. The Morgan fingerprint density at radius 3 is 2.79 bits per heavy atom. The third-order valence-corrected chi connectivity index (χ3v) is 1.35. The number of nitrogens with one attached hydrogen (secondary N) is 1. The molecule has 0 spiro atoms. The van der Waals surface area contributed by atoms with Gasteiger partial charge in [0.2, 0.25) is 0 Å². The van der Waals surface area contributed by atoms with Crippen LogP contribution >= 0.6 is 0 Å². The molecule has 0 atom stereocenters. The molecule has 0 bridgehead atoms. The van der Waals surface area contributed by atoms with Crippen LogP contribution in [0.5, 0.6) is 5.75 Å². The second-order valence-corrected chi connectivity index (χ2v) is 2.44. The Labute approximate surface area is 82.1 Å². The van der Waals surface area contributed by atoms with Crippen molar-refractivity contribution in [3.8, 4) is 5.75 Å². The monoisotopic (exact) mass is 193 g/mol. The third-order valence-electron chi connectivity index (χ3n) is 1.35. The maximum absolute atomic E-state index is 10.9. The molecule has 74 valence electrons. The van der Waals surface area contributed by atoms with Crippen LogP contribution in [0.1, 0.15) is 0 Å². The molecular formula is C10H11NO3. The van der Waals surface area contributed by atoms with E-state index in [1.165, 1.54) is 0 Å². The van der Waals surface area contributed by atoms with Crippen molar-refractivity contribution in [1.82, 2.24) is 5.32 Å². The summed E-state index contributed by atoms with van der Waals surface area (Å²) in [7, 11) is 0. The van der Waals surface area contributed by atoms with E-state index in [4.69, 9.17) is 4.89 Å². The Morgan fingerprint density at radius 1 is 1.43 bits per heavy atom. The lowest BCUT2D eigenvalue weighted by atomic mass is 10.3. The van der Waals surface area contributed by atoms with Gasteiger partial charge < -0.3 is 5.32 Å². The molecule has 0 aromatic heterocycles. The highest BCUT2D eigenvalue weighted by atomic mass is 17.2. The summed E-state index contributed by atoms with van der Waals surface area (Å²) in [5.41, 5.74) is 0. The lowest BCUT2D eigenvalue weighted by molar-refractivity contribution is -0.142. The Kier molecular flexibility index (Phi) is 4.07. The largest absolute Gasteiger partial charge is 0.450 e. The van der Waals surface area contributed by atoms with Crippen LogP contribution in [0.3, 0.4) is 0 Å². The molecule has 0 heterocycles. The average Bonchev–Trinajstić information content (AvgIpc) is 2.25. The summed E-state index contributed by atoms with van der Waals surface area (Å²) < 4.78 is 0. The van der Waals surface area contributed by atoms with E-state index < -0.39 is 6.09 Å². The molecule has 0 aliphatic carbocycles. The highest BCUT2D eigenvalue weighted by Crippen LogP contribution is 2.08. The number of rotatable bonds is 4. The average molecular weight is 193 g/mol. The van der Waals surface area contributed by atoms with E-state index in [2.05, 4.69) is 16.8 Å². The molecule has 4 heteroatoms. The summed E-state index contributed by atoms with van der Waals surface area (Å²) in [4.78, 5) is 20.0. The summed E-state index contributed by atoms with van der Waals surface area (Å²) in [6.45, 7) is 3.78. The molecule has 0 unspecified atom stereocenters. The summed E-state index contributed by atoms with van der Waals surface area (Å²) in [5, 5.41) is 2.40. The van der Waals surface area contributed by atoms with Gasteiger partial charge in [0.05, 0.1) is 0 Å². The predicted octanol–water partition coefficient (Wildman–Crippen LogP) is 1.89. The SMILES string of the molecule is C=CCNC(=O)OOc1ccccc1. The number of carbonyl (C=O) groups is 1. The van der Waals surface area contributed by atoms with Crippen LogP contribution in [0, 0.1) is 0 Å². The Balaban J connectivity index is 2.27. The van der Waals surface area contributed by atoms with Crippen LogP contribution in [0.15, 0.2) is 43.0 Å². The highest BCUT2D eigenvalue weighted by Gasteiger charge is 2.01. The van der Waals surface area contributed by atoms with Crippen molar-refractivity contribution >= 4 is 6.09 Å². The van der Waals surface area contributed by atoms with E-state index in [1.54, 1.807) is 30.3 Å². The lowest BCUT2D eigenvalue weighted by Crippen LogP contribution is -2.25. The van der Waals surface area contributed by atoms with Gasteiger partial charge in [-0.1, -0.05) is 24.3 Å². The van der Waals surface area contributed by atoms with Gasteiger partial charge in [0.25, 0.3) is 0 Å². The van der Waals surface area contributed by atoms with Crippen LogP contribution in [0.4, 0.5) is 4.79 Å². The number of benzene rings is 1. The first kappa shape index (κ1) is 10.1. The Hall–Kier alpha value is -1.97. The molecule has 0 saturated heterocycles. The van der Waals surface area contributed by atoms with E-state index in [0.717, 1.165) is 0 Å². The molecule has 0 fully saturated rings. The van der Waals surface area contributed by atoms with Gasteiger partial charge in [0.15, 0.2) is 5.75 Å². The van der Waals surface area contributed by atoms with Crippen LogP contribution in [0.2, 0.25) is 0 Å². The molecule has 0 aliphatic heterocycles. The maximum Gasteiger partial charge on any atom is 0.450 e. The number of carbonyl (C=O) groups excluding carboxylic acids is 1. The van der Waals surface area contributed by atoms with Gasteiger partial charge in [-0.2, -0.15) is 0 Å². The van der Waals surface area contributed by atoms with Gasteiger partial charge in [0.1, 0.15) is 0 Å². The van der Waals surface area contributed by atoms with E-state index >= 15 is 0 Å². The number of amides is 1. The fraction of sp³-hybridized carbons (Fsp3) is 0.100. The third kappa shape index (κ3) is 3.62. The molecule has 1 N–H and O–H groups in total. The molecule has 14 heavy (non-hydrogen) atoms. The second-order valence-electron chi connectivity index (χ2n) is 2.44. The predicted molar refractivity (Wildman–Crippen MR) is 51.8 cm³/mol. The summed E-state index contributed by atoms with van der Waals surface area (Å²) in [6, 6.07) is 8.76. The van der Waals surface area contributed by atoms with Crippen molar-refractivity contribution in [2.45, 2.75) is 0 Å². The van der Waals surface area contributed by atoms with Crippen LogP contribution < -0.4 is 10.2 Å².